The second-order valence-corrected chi connectivity index (χ2v) is 5.20. The third kappa shape index (κ3) is 2.57. The molecule has 1 saturated carbocycles. The Morgan fingerprint density at radius 2 is 2.23 bits per heavy atom. The molecular weight excluding hydrogens is 285 g/mol. The van der Waals surface area contributed by atoms with E-state index >= 15 is 0 Å². The number of fused-ring (bicyclic) bond motifs is 1. The van der Waals surface area contributed by atoms with Gasteiger partial charge in [-0.3, -0.25) is 0 Å². The van der Waals surface area contributed by atoms with Gasteiger partial charge < -0.3 is 10.1 Å². The summed E-state index contributed by atoms with van der Waals surface area (Å²) in [7, 11) is 0. The molecule has 22 heavy (non-hydrogen) atoms. The minimum atomic E-state index is -0.330. The van der Waals surface area contributed by atoms with Gasteiger partial charge in [0.25, 0.3) is 5.78 Å². The molecule has 1 aromatic carbocycles. The molecule has 0 amide bonds. The van der Waals surface area contributed by atoms with E-state index in [9.17, 15) is 4.39 Å². The molecule has 3 aromatic rings. The van der Waals surface area contributed by atoms with E-state index in [1.54, 1.807) is 41.2 Å². The topological polar surface area (TPSA) is 64.3 Å². The van der Waals surface area contributed by atoms with Gasteiger partial charge in [0.05, 0.1) is 6.10 Å². The van der Waals surface area contributed by atoms with Crippen LogP contribution in [0.4, 0.5) is 10.3 Å². The average molecular weight is 299 g/mol. The molecule has 0 aliphatic heterocycles. The number of anilines is 1. The highest BCUT2D eigenvalue weighted by Gasteiger charge is 2.25. The first-order valence-corrected chi connectivity index (χ1v) is 7.15. The molecule has 4 rings (SSSR count). The van der Waals surface area contributed by atoms with Crippen LogP contribution in [0.2, 0.25) is 0 Å². The van der Waals surface area contributed by atoms with Crippen LogP contribution in [0.3, 0.4) is 0 Å². The first-order valence-electron chi connectivity index (χ1n) is 7.15. The van der Waals surface area contributed by atoms with Gasteiger partial charge in [-0.05, 0) is 25.0 Å². The third-order valence-electron chi connectivity index (χ3n) is 3.41. The Morgan fingerprint density at radius 1 is 1.32 bits per heavy atom. The maximum atomic E-state index is 14.3. The minimum absolute atomic E-state index is 0.170. The number of ether oxygens (including phenoxy) is 1. The summed E-state index contributed by atoms with van der Waals surface area (Å²) in [6.45, 7) is 0.282. The van der Waals surface area contributed by atoms with Gasteiger partial charge in [0.2, 0.25) is 5.95 Å². The summed E-state index contributed by atoms with van der Waals surface area (Å²) in [6.07, 6.45) is 5.57. The van der Waals surface area contributed by atoms with Crippen LogP contribution in [0.15, 0.2) is 36.7 Å². The molecule has 0 saturated heterocycles. The van der Waals surface area contributed by atoms with E-state index in [1.165, 1.54) is 0 Å². The van der Waals surface area contributed by atoms with Gasteiger partial charge in [0, 0.05) is 24.5 Å². The van der Waals surface area contributed by atoms with Crippen molar-refractivity contribution in [2.45, 2.75) is 25.5 Å². The van der Waals surface area contributed by atoms with E-state index < -0.39 is 0 Å². The van der Waals surface area contributed by atoms with Crippen LogP contribution in [0, 0.1) is 5.82 Å². The van der Waals surface area contributed by atoms with E-state index in [1.807, 2.05) is 0 Å². The lowest BCUT2D eigenvalue weighted by Crippen LogP contribution is -2.06. The Labute approximate surface area is 126 Å². The zero-order valence-corrected chi connectivity index (χ0v) is 11.7. The molecule has 1 fully saturated rings. The molecule has 2 heterocycles. The standard InChI is InChI=1S/C15H14FN5O/c16-13-10(3-1-4-12(13)22-11-5-6-11)9-18-14-19-15-17-7-2-8-21(15)20-14/h1-4,7-8,11H,5-6,9H2,(H,18,20). The predicted octanol–water partition coefficient (Wildman–Crippen LogP) is 2.42. The number of rotatable bonds is 5. The summed E-state index contributed by atoms with van der Waals surface area (Å²) in [5, 5.41) is 7.23. The van der Waals surface area contributed by atoms with Gasteiger partial charge in [-0.2, -0.15) is 4.98 Å². The van der Waals surface area contributed by atoms with Crippen molar-refractivity contribution in [2.75, 3.05) is 5.32 Å². The predicted molar refractivity (Wildman–Crippen MR) is 78.2 cm³/mol. The first-order chi connectivity index (χ1) is 10.8. The van der Waals surface area contributed by atoms with Crippen LogP contribution in [-0.2, 0) is 6.54 Å². The van der Waals surface area contributed by atoms with E-state index in [4.69, 9.17) is 4.74 Å². The van der Waals surface area contributed by atoms with Gasteiger partial charge >= 0.3 is 0 Å². The van der Waals surface area contributed by atoms with E-state index in [0.29, 0.717) is 23.0 Å². The molecule has 0 spiro atoms. The van der Waals surface area contributed by atoms with Crippen LogP contribution in [0.25, 0.3) is 5.78 Å². The minimum Gasteiger partial charge on any atom is -0.487 e. The SMILES string of the molecule is Fc1c(CNc2nc3ncccn3n2)cccc1OC1CC1. The van der Waals surface area contributed by atoms with Crippen molar-refractivity contribution in [1.82, 2.24) is 19.6 Å². The zero-order chi connectivity index (χ0) is 14.9. The van der Waals surface area contributed by atoms with Crippen molar-refractivity contribution in [2.24, 2.45) is 0 Å². The van der Waals surface area contributed by atoms with Crippen LogP contribution < -0.4 is 10.1 Å². The molecule has 0 atom stereocenters. The molecule has 0 radical (unpaired) electrons. The fraction of sp³-hybridized carbons (Fsp3) is 0.267. The Morgan fingerprint density at radius 3 is 3.05 bits per heavy atom. The van der Waals surface area contributed by atoms with E-state index in [-0.39, 0.29) is 18.5 Å². The van der Waals surface area contributed by atoms with Crippen LogP contribution in [-0.4, -0.2) is 25.7 Å². The van der Waals surface area contributed by atoms with Gasteiger partial charge in [-0.25, -0.2) is 13.9 Å². The smallest absolute Gasteiger partial charge is 0.253 e. The average Bonchev–Trinajstić information content (AvgIpc) is 3.24. The van der Waals surface area contributed by atoms with Crippen molar-refractivity contribution in [3.63, 3.8) is 0 Å². The second kappa shape index (κ2) is 5.25. The lowest BCUT2D eigenvalue weighted by atomic mass is 10.2. The molecule has 112 valence electrons. The van der Waals surface area contributed by atoms with Crippen molar-refractivity contribution < 1.29 is 9.13 Å². The highest BCUT2D eigenvalue weighted by atomic mass is 19.1. The Hall–Kier alpha value is -2.70. The van der Waals surface area contributed by atoms with E-state index in [2.05, 4.69) is 20.4 Å². The summed E-state index contributed by atoms with van der Waals surface area (Å²) in [4.78, 5) is 8.30. The number of hydrogen-bond acceptors (Lipinski definition) is 5. The van der Waals surface area contributed by atoms with Crippen molar-refractivity contribution in [3.8, 4) is 5.75 Å². The fourth-order valence-corrected chi connectivity index (χ4v) is 2.13. The number of nitrogens with zero attached hydrogens (tertiary/aromatic N) is 4. The summed E-state index contributed by atoms with van der Waals surface area (Å²) >= 11 is 0. The summed E-state index contributed by atoms with van der Waals surface area (Å²) in [5.74, 6) is 0.887. The lowest BCUT2D eigenvalue weighted by Gasteiger charge is -2.09. The monoisotopic (exact) mass is 299 g/mol. The summed E-state index contributed by atoms with van der Waals surface area (Å²) < 4.78 is 21.5. The number of benzene rings is 1. The maximum Gasteiger partial charge on any atom is 0.253 e. The Bertz CT molecular complexity index is 782. The molecule has 0 bridgehead atoms. The van der Waals surface area contributed by atoms with Crippen molar-refractivity contribution in [1.29, 1.82) is 0 Å². The molecule has 6 nitrogen and oxygen atoms in total. The zero-order valence-electron chi connectivity index (χ0n) is 11.7. The van der Waals surface area contributed by atoms with E-state index in [0.717, 1.165) is 12.8 Å². The van der Waals surface area contributed by atoms with Gasteiger partial charge in [-0.15, -0.1) is 5.10 Å². The van der Waals surface area contributed by atoms with Gasteiger partial charge in [0.1, 0.15) is 0 Å². The summed E-state index contributed by atoms with van der Waals surface area (Å²) in [5.41, 5.74) is 0.518. The van der Waals surface area contributed by atoms with Gasteiger partial charge in [0.15, 0.2) is 11.6 Å². The highest BCUT2D eigenvalue weighted by Crippen LogP contribution is 2.29. The molecule has 0 unspecified atom stereocenters. The lowest BCUT2D eigenvalue weighted by molar-refractivity contribution is 0.286. The maximum absolute atomic E-state index is 14.3. The third-order valence-corrected chi connectivity index (χ3v) is 3.41. The number of nitrogens with one attached hydrogen (secondary N) is 1. The first kappa shape index (κ1) is 13.0. The molecule has 1 N–H and O–H groups in total. The largest absolute Gasteiger partial charge is 0.487 e. The quantitative estimate of drug-likeness (QED) is 0.784. The fourth-order valence-electron chi connectivity index (χ4n) is 2.13. The van der Waals surface area contributed by atoms with Crippen LogP contribution in [0.1, 0.15) is 18.4 Å². The Balaban J connectivity index is 1.50. The van der Waals surface area contributed by atoms with Crippen molar-refractivity contribution in [3.05, 3.63) is 48.0 Å². The van der Waals surface area contributed by atoms with Crippen LogP contribution >= 0.6 is 0 Å². The molecule has 2 aromatic heterocycles. The summed E-state index contributed by atoms with van der Waals surface area (Å²) in [6, 6.07) is 6.93. The molecule has 1 aliphatic rings. The second-order valence-electron chi connectivity index (χ2n) is 5.20. The highest BCUT2D eigenvalue weighted by molar-refractivity contribution is 5.38. The molecular formula is C15H14FN5O. The number of aromatic nitrogens is 4. The number of hydrogen-bond donors (Lipinski definition) is 1. The Kier molecular flexibility index (Phi) is 3.10. The molecule has 7 heteroatoms. The normalized spacial score (nSPS) is 14.2. The molecule has 1 aliphatic carbocycles. The number of halogens is 1. The van der Waals surface area contributed by atoms with Crippen LogP contribution in [0.5, 0.6) is 5.75 Å². The van der Waals surface area contributed by atoms with Crippen molar-refractivity contribution >= 4 is 11.7 Å². The van der Waals surface area contributed by atoms with Gasteiger partial charge in [-0.1, -0.05) is 12.1 Å².